The first-order valence-corrected chi connectivity index (χ1v) is 6.64. The maximum Gasteiger partial charge on any atom is 0.322 e. The van der Waals surface area contributed by atoms with Crippen molar-refractivity contribution in [3.05, 3.63) is 41.5 Å². The summed E-state index contributed by atoms with van der Waals surface area (Å²) in [6.07, 6.45) is 3.52. The van der Waals surface area contributed by atoms with Crippen molar-refractivity contribution in [1.82, 2.24) is 10.2 Å². The zero-order chi connectivity index (χ0) is 13.9. The molecular weight excluding hydrogens is 254 g/mol. The predicted molar refractivity (Wildman–Crippen MR) is 75.6 cm³/mol. The Labute approximate surface area is 116 Å². The molecule has 102 valence electrons. The normalized spacial score (nSPS) is 13.0. The molecule has 0 amide bonds. The lowest BCUT2D eigenvalue weighted by atomic mass is 10.0. The minimum atomic E-state index is -0.922. The number of fused-ring (bicyclic) bond motifs is 1. The number of carboxylic acid groups (broad SMARTS) is 1. The van der Waals surface area contributed by atoms with Gasteiger partial charge in [-0.1, -0.05) is 12.1 Å². The van der Waals surface area contributed by atoms with E-state index in [-0.39, 0.29) is 6.54 Å². The number of nitrogens with one attached hydrogen (secondary N) is 1. The van der Waals surface area contributed by atoms with Crippen LogP contribution in [-0.4, -0.2) is 27.8 Å². The molecule has 0 saturated carbocycles. The number of carbonyl (C=O) groups is 1. The van der Waals surface area contributed by atoms with E-state index in [0.717, 1.165) is 17.7 Å². The molecule has 0 aliphatic heterocycles. The van der Waals surface area contributed by atoms with Crippen LogP contribution in [0.5, 0.6) is 0 Å². The fourth-order valence-corrected chi connectivity index (χ4v) is 2.48. The maximum atomic E-state index is 10.5. The Kier molecular flexibility index (Phi) is 3.33. The Balaban J connectivity index is 1.79. The van der Waals surface area contributed by atoms with Gasteiger partial charge in [-0.25, -0.2) is 0 Å². The number of rotatable bonds is 4. The third-order valence-electron chi connectivity index (χ3n) is 3.48. The van der Waals surface area contributed by atoms with Gasteiger partial charge in [-0.2, -0.15) is 0 Å². The molecule has 0 fully saturated rings. The van der Waals surface area contributed by atoms with Crippen LogP contribution in [0.3, 0.4) is 0 Å². The molecule has 20 heavy (non-hydrogen) atoms. The molecular formula is C15H15N3O2. The SMILES string of the molecule is O=C(O)CNc1ccc(-c2ccc3c(c2)CCC3)nn1. The van der Waals surface area contributed by atoms with E-state index in [4.69, 9.17) is 5.11 Å². The minimum absolute atomic E-state index is 0.160. The monoisotopic (exact) mass is 269 g/mol. The highest BCUT2D eigenvalue weighted by atomic mass is 16.4. The van der Waals surface area contributed by atoms with Crippen LogP contribution in [0.2, 0.25) is 0 Å². The van der Waals surface area contributed by atoms with Gasteiger partial charge in [0.25, 0.3) is 0 Å². The van der Waals surface area contributed by atoms with Crippen LogP contribution in [0.25, 0.3) is 11.3 Å². The fourth-order valence-electron chi connectivity index (χ4n) is 2.48. The zero-order valence-electron chi connectivity index (χ0n) is 11.0. The Bertz CT molecular complexity index is 638. The topological polar surface area (TPSA) is 75.1 Å². The number of nitrogens with zero attached hydrogens (tertiary/aromatic N) is 2. The molecule has 3 rings (SSSR count). The first kappa shape index (κ1) is 12.6. The summed E-state index contributed by atoms with van der Waals surface area (Å²) in [4.78, 5) is 10.5. The fraction of sp³-hybridized carbons (Fsp3) is 0.267. The van der Waals surface area contributed by atoms with Gasteiger partial charge >= 0.3 is 5.97 Å². The lowest BCUT2D eigenvalue weighted by molar-refractivity contribution is -0.134. The smallest absolute Gasteiger partial charge is 0.322 e. The van der Waals surface area contributed by atoms with Crippen molar-refractivity contribution >= 4 is 11.8 Å². The van der Waals surface area contributed by atoms with E-state index < -0.39 is 5.97 Å². The molecule has 2 N–H and O–H groups in total. The molecule has 1 heterocycles. The maximum absolute atomic E-state index is 10.5. The van der Waals surface area contributed by atoms with E-state index >= 15 is 0 Å². The van der Waals surface area contributed by atoms with Crippen LogP contribution in [0.4, 0.5) is 5.82 Å². The van der Waals surface area contributed by atoms with Crippen molar-refractivity contribution in [2.24, 2.45) is 0 Å². The third-order valence-corrected chi connectivity index (χ3v) is 3.48. The molecule has 2 aromatic rings. The molecule has 0 unspecified atom stereocenters. The predicted octanol–water partition coefficient (Wildman–Crippen LogP) is 2.13. The number of hydrogen-bond acceptors (Lipinski definition) is 4. The van der Waals surface area contributed by atoms with E-state index in [9.17, 15) is 4.79 Å². The molecule has 0 saturated heterocycles. The van der Waals surface area contributed by atoms with Gasteiger partial charge in [-0.05, 0) is 48.6 Å². The summed E-state index contributed by atoms with van der Waals surface area (Å²) in [5.74, 6) is -0.452. The van der Waals surface area contributed by atoms with Crippen LogP contribution in [0.15, 0.2) is 30.3 Å². The molecule has 0 atom stereocenters. The van der Waals surface area contributed by atoms with E-state index in [1.165, 1.54) is 24.0 Å². The quantitative estimate of drug-likeness (QED) is 0.889. The highest BCUT2D eigenvalue weighted by molar-refractivity contribution is 5.72. The van der Waals surface area contributed by atoms with Gasteiger partial charge in [0.1, 0.15) is 12.4 Å². The van der Waals surface area contributed by atoms with E-state index in [0.29, 0.717) is 5.82 Å². The number of hydrogen-bond donors (Lipinski definition) is 2. The Morgan fingerprint density at radius 2 is 2.00 bits per heavy atom. The van der Waals surface area contributed by atoms with Gasteiger partial charge in [0, 0.05) is 5.56 Å². The molecule has 1 aromatic heterocycles. The summed E-state index contributed by atoms with van der Waals surface area (Å²) in [5.41, 5.74) is 4.70. The second-order valence-corrected chi connectivity index (χ2v) is 4.89. The summed E-state index contributed by atoms with van der Waals surface area (Å²) in [5, 5.41) is 19.4. The Morgan fingerprint density at radius 3 is 2.75 bits per heavy atom. The van der Waals surface area contributed by atoms with Crippen molar-refractivity contribution in [3.63, 3.8) is 0 Å². The van der Waals surface area contributed by atoms with Gasteiger partial charge in [0.05, 0.1) is 5.69 Å². The number of aryl methyl sites for hydroxylation is 2. The van der Waals surface area contributed by atoms with Crippen molar-refractivity contribution < 1.29 is 9.90 Å². The number of benzene rings is 1. The number of carboxylic acids is 1. The lowest BCUT2D eigenvalue weighted by Gasteiger charge is -2.05. The van der Waals surface area contributed by atoms with Gasteiger partial charge in [-0.15, -0.1) is 10.2 Å². The van der Waals surface area contributed by atoms with Crippen molar-refractivity contribution in [2.75, 3.05) is 11.9 Å². The van der Waals surface area contributed by atoms with E-state index in [1.807, 2.05) is 6.07 Å². The van der Waals surface area contributed by atoms with Crippen LogP contribution >= 0.6 is 0 Å². The van der Waals surface area contributed by atoms with Crippen LogP contribution in [0.1, 0.15) is 17.5 Å². The summed E-state index contributed by atoms with van der Waals surface area (Å²) >= 11 is 0. The minimum Gasteiger partial charge on any atom is -0.480 e. The lowest BCUT2D eigenvalue weighted by Crippen LogP contribution is -2.13. The van der Waals surface area contributed by atoms with Crippen molar-refractivity contribution in [1.29, 1.82) is 0 Å². The molecule has 0 radical (unpaired) electrons. The average molecular weight is 269 g/mol. The van der Waals surface area contributed by atoms with Gasteiger partial charge in [0.2, 0.25) is 0 Å². The highest BCUT2D eigenvalue weighted by Crippen LogP contribution is 2.27. The Morgan fingerprint density at radius 1 is 1.15 bits per heavy atom. The molecule has 0 spiro atoms. The Hall–Kier alpha value is -2.43. The average Bonchev–Trinajstić information content (AvgIpc) is 2.93. The zero-order valence-corrected chi connectivity index (χ0v) is 11.0. The third kappa shape index (κ3) is 2.61. The highest BCUT2D eigenvalue weighted by Gasteiger charge is 2.12. The summed E-state index contributed by atoms with van der Waals surface area (Å²) in [6, 6.07) is 10.0. The number of anilines is 1. The summed E-state index contributed by atoms with van der Waals surface area (Å²) in [7, 11) is 0. The first-order chi connectivity index (χ1) is 9.72. The van der Waals surface area contributed by atoms with Gasteiger partial charge < -0.3 is 10.4 Å². The molecule has 1 aliphatic rings. The number of aliphatic carboxylic acids is 1. The van der Waals surface area contributed by atoms with Crippen LogP contribution in [0, 0.1) is 0 Å². The van der Waals surface area contributed by atoms with Crippen LogP contribution in [-0.2, 0) is 17.6 Å². The van der Waals surface area contributed by atoms with E-state index in [1.54, 1.807) is 6.07 Å². The van der Waals surface area contributed by atoms with E-state index in [2.05, 4.69) is 33.7 Å². The second kappa shape index (κ2) is 5.28. The summed E-state index contributed by atoms with van der Waals surface area (Å²) in [6.45, 7) is -0.160. The molecule has 1 aromatic carbocycles. The molecule has 5 heteroatoms. The first-order valence-electron chi connectivity index (χ1n) is 6.64. The molecule has 5 nitrogen and oxygen atoms in total. The standard InChI is InChI=1S/C15H15N3O2/c19-15(20)9-16-14-7-6-13(17-18-14)12-5-4-10-2-1-3-11(10)8-12/h4-8H,1-3,9H2,(H,16,18)(H,19,20). The van der Waals surface area contributed by atoms with Gasteiger partial charge in [0.15, 0.2) is 0 Å². The number of aromatic nitrogens is 2. The summed E-state index contributed by atoms with van der Waals surface area (Å²) < 4.78 is 0. The molecule has 1 aliphatic carbocycles. The van der Waals surface area contributed by atoms with Crippen molar-refractivity contribution in [2.45, 2.75) is 19.3 Å². The van der Waals surface area contributed by atoms with Crippen molar-refractivity contribution in [3.8, 4) is 11.3 Å². The van der Waals surface area contributed by atoms with Crippen LogP contribution < -0.4 is 5.32 Å². The molecule has 0 bridgehead atoms. The largest absolute Gasteiger partial charge is 0.480 e. The second-order valence-electron chi connectivity index (χ2n) is 4.89. The van der Waals surface area contributed by atoms with Gasteiger partial charge in [-0.3, -0.25) is 4.79 Å².